The molecule has 36 heavy (non-hydrogen) atoms. The number of anilines is 1. The number of amidine groups is 1. The first-order valence-electron chi connectivity index (χ1n) is 11.4. The Morgan fingerprint density at radius 1 is 1.00 bits per heavy atom. The highest BCUT2D eigenvalue weighted by molar-refractivity contribution is 6.41. The normalized spacial score (nSPS) is 12.2. The Bertz CT molecular complexity index is 1280. The molecule has 3 aromatic rings. The van der Waals surface area contributed by atoms with Crippen LogP contribution in [0.1, 0.15) is 21.5 Å². The summed E-state index contributed by atoms with van der Waals surface area (Å²) in [5.41, 5.74) is 4.77. The van der Waals surface area contributed by atoms with E-state index in [2.05, 4.69) is 20.5 Å². The minimum atomic E-state index is -0.214. The first-order chi connectivity index (χ1) is 17.3. The summed E-state index contributed by atoms with van der Waals surface area (Å²) in [6.45, 7) is 2.18. The van der Waals surface area contributed by atoms with Crippen LogP contribution in [0.5, 0.6) is 11.5 Å². The maximum absolute atomic E-state index is 12.9. The molecule has 1 aliphatic heterocycles. The van der Waals surface area contributed by atoms with Gasteiger partial charge < -0.3 is 25.0 Å². The molecule has 0 unspecified atom stereocenters. The molecule has 0 spiro atoms. The molecule has 0 fully saturated rings. The number of amides is 1. The lowest BCUT2D eigenvalue weighted by Crippen LogP contribution is -2.30. The highest BCUT2D eigenvalue weighted by Gasteiger charge is 2.23. The van der Waals surface area contributed by atoms with E-state index in [0.29, 0.717) is 45.1 Å². The zero-order valence-electron chi connectivity index (χ0n) is 20.6. The molecule has 3 aromatic carbocycles. The molecule has 4 rings (SSSR count). The molecule has 0 atom stereocenters. The molecule has 9 heteroatoms. The average molecular weight is 527 g/mol. The van der Waals surface area contributed by atoms with Crippen molar-refractivity contribution in [1.82, 2.24) is 10.2 Å². The third-order valence-corrected chi connectivity index (χ3v) is 6.65. The van der Waals surface area contributed by atoms with Crippen molar-refractivity contribution in [2.45, 2.75) is 6.54 Å². The van der Waals surface area contributed by atoms with Gasteiger partial charge in [0.25, 0.3) is 5.91 Å². The molecule has 7 nitrogen and oxygen atoms in total. The highest BCUT2D eigenvalue weighted by atomic mass is 35.5. The lowest BCUT2D eigenvalue weighted by molar-refractivity contribution is 0.0977. The van der Waals surface area contributed by atoms with Crippen LogP contribution in [0, 0.1) is 0 Å². The fourth-order valence-electron chi connectivity index (χ4n) is 3.95. The molecule has 188 valence electrons. The monoisotopic (exact) mass is 526 g/mol. The SMILES string of the molecule is COc1cc(OC)c(Cl)c(-c2ccc3c(c2)CN=C3NC(=O)c2ccc(NCCN(C)C)cc2)c1Cl. The number of fused-ring (bicyclic) bond motifs is 1. The number of hydrogen-bond acceptors (Lipinski definition) is 6. The first kappa shape index (κ1) is 25.8. The fourth-order valence-corrected chi connectivity index (χ4v) is 4.67. The van der Waals surface area contributed by atoms with Gasteiger partial charge in [0.2, 0.25) is 0 Å². The van der Waals surface area contributed by atoms with Crippen molar-refractivity contribution in [3.05, 3.63) is 75.3 Å². The van der Waals surface area contributed by atoms with E-state index in [4.69, 9.17) is 32.7 Å². The standard InChI is InChI=1S/C27H28Cl2N4O3/c1-33(2)12-11-30-19-8-5-16(6-9-19)27(34)32-26-20-10-7-17(13-18(20)15-31-26)23-24(28)21(35-3)14-22(36-4)25(23)29/h5-10,13-14,30H,11-12,15H2,1-4H3,(H,31,32,34). The van der Waals surface area contributed by atoms with Gasteiger partial charge in [-0.25, -0.2) is 0 Å². The van der Waals surface area contributed by atoms with Crippen LogP contribution in [-0.2, 0) is 6.54 Å². The highest BCUT2D eigenvalue weighted by Crippen LogP contribution is 2.46. The average Bonchev–Trinajstić information content (AvgIpc) is 3.26. The predicted octanol–water partition coefficient (Wildman–Crippen LogP) is 5.34. The van der Waals surface area contributed by atoms with E-state index >= 15 is 0 Å². The summed E-state index contributed by atoms with van der Waals surface area (Å²) in [7, 11) is 7.14. The number of hydrogen-bond donors (Lipinski definition) is 2. The van der Waals surface area contributed by atoms with Gasteiger partial charge in [0.15, 0.2) is 0 Å². The van der Waals surface area contributed by atoms with Gasteiger partial charge in [-0.2, -0.15) is 0 Å². The Morgan fingerprint density at radius 2 is 1.67 bits per heavy atom. The topological polar surface area (TPSA) is 75.2 Å². The number of aliphatic imine (C=N–C) groups is 1. The van der Waals surface area contributed by atoms with Crippen molar-refractivity contribution in [3.63, 3.8) is 0 Å². The molecule has 0 aromatic heterocycles. The van der Waals surface area contributed by atoms with Crippen molar-refractivity contribution < 1.29 is 14.3 Å². The van der Waals surface area contributed by atoms with E-state index in [0.717, 1.165) is 35.5 Å². The van der Waals surface area contributed by atoms with Gasteiger partial charge in [0.05, 0.1) is 30.8 Å². The van der Waals surface area contributed by atoms with Crippen LogP contribution < -0.4 is 20.1 Å². The van der Waals surface area contributed by atoms with Gasteiger partial charge >= 0.3 is 0 Å². The summed E-state index contributed by atoms with van der Waals surface area (Å²) in [6.07, 6.45) is 0. The second-order valence-electron chi connectivity index (χ2n) is 8.58. The molecular formula is C27H28Cl2N4O3. The van der Waals surface area contributed by atoms with E-state index in [1.54, 1.807) is 32.4 Å². The second-order valence-corrected chi connectivity index (χ2v) is 9.34. The van der Waals surface area contributed by atoms with Crippen LogP contribution in [0.2, 0.25) is 10.0 Å². The maximum atomic E-state index is 12.9. The van der Waals surface area contributed by atoms with Crippen molar-refractivity contribution in [2.24, 2.45) is 4.99 Å². The van der Waals surface area contributed by atoms with E-state index in [9.17, 15) is 4.79 Å². The molecule has 1 aliphatic rings. The van der Waals surface area contributed by atoms with Crippen LogP contribution in [0.3, 0.4) is 0 Å². The van der Waals surface area contributed by atoms with Crippen molar-refractivity contribution in [2.75, 3.05) is 46.7 Å². The van der Waals surface area contributed by atoms with Crippen molar-refractivity contribution >= 4 is 40.6 Å². The molecule has 0 saturated heterocycles. The van der Waals surface area contributed by atoms with E-state index in [-0.39, 0.29) is 5.91 Å². The molecular weight excluding hydrogens is 499 g/mol. The number of carbonyl (C=O) groups is 1. The summed E-state index contributed by atoms with van der Waals surface area (Å²) in [5.74, 6) is 1.26. The number of likely N-dealkylation sites (N-methyl/N-ethyl adjacent to an activating group) is 1. The lowest BCUT2D eigenvalue weighted by Gasteiger charge is -2.15. The van der Waals surface area contributed by atoms with Crippen LogP contribution >= 0.6 is 23.2 Å². The summed E-state index contributed by atoms with van der Waals surface area (Å²) >= 11 is 13.2. The van der Waals surface area contributed by atoms with Crippen LogP contribution in [0.4, 0.5) is 5.69 Å². The van der Waals surface area contributed by atoms with Crippen LogP contribution in [0.15, 0.2) is 53.5 Å². The molecule has 1 heterocycles. The molecule has 0 bridgehead atoms. The van der Waals surface area contributed by atoms with E-state index in [1.807, 2.05) is 44.4 Å². The van der Waals surface area contributed by atoms with Crippen molar-refractivity contribution in [1.29, 1.82) is 0 Å². The maximum Gasteiger partial charge on any atom is 0.256 e. The molecule has 0 aliphatic carbocycles. The fraction of sp³-hybridized carbons (Fsp3) is 0.259. The largest absolute Gasteiger partial charge is 0.495 e. The van der Waals surface area contributed by atoms with Crippen LogP contribution in [-0.4, -0.2) is 58.0 Å². The zero-order valence-corrected chi connectivity index (χ0v) is 22.1. The smallest absolute Gasteiger partial charge is 0.256 e. The number of methoxy groups -OCH3 is 2. The van der Waals surface area contributed by atoms with Crippen molar-refractivity contribution in [3.8, 4) is 22.6 Å². The Kier molecular flexibility index (Phi) is 8.04. The van der Waals surface area contributed by atoms with Gasteiger partial charge in [0, 0.05) is 41.5 Å². The Labute approximate surface area is 221 Å². The first-order valence-corrected chi connectivity index (χ1v) is 12.2. The molecule has 1 amide bonds. The number of benzene rings is 3. The third kappa shape index (κ3) is 5.43. The Hall–Kier alpha value is -3.26. The molecule has 0 saturated carbocycles. The van der Waals surface area contributed by atoms with Gasteiger partial charge in [-0.1, -0.05) is 35.3 Å². The second kappa shape index (κ2) is 11.2. The number of nitrogens with one attached hydrogen (secondary N) is 2. The molecule has 0 radical (unpaired) electrons. The van der Waals surface area contributed by atoms with Gasteiger partial charge in [0.1, 0.15) is 17.3 Å². The van der Waals surface area contributed by atoms with Gasteiger partial charge in [-0.3, -0.25) is 9.79 Å². The quantitative estimate of drug-likeness (QED) is 0.414. The Morgan fingerprint density at radius 3 is 2.28 bits per heavy atom. The minimum absolute atomic E-state index is 0.214. The number of ether oxygens (including phenoxy) is 2. The predicted molar refractivity (Wildman–Crippen MR) is 146 cm³/mol. The van der Waals surface area contributed by atoms with E-state index < -0.39 is 0 Å². The van der Waals surface area contributed by atoms with Gasteiger partial charge in [-0.05, 0) is 55.6 Å². The lowest BCUT2D eigenvalue weighted by atomic mass is 9.99. The summed E-state index contributed by atoms with van der Waals surface area (Å²) in [4.78, 5) is 19.5. The minimum Gasteiger partial charge on any atom is -0.495 e. The third-order valence-electron chi connectivity index (χ3n) is 5.90. The molecule has 2 N–H and O–H groups in total. The summed E-state index contributed by atoms with van der Waals surface area (Å²) in [5, 5.41) is 7.07. The Balaban J connectivity index is 1.50. The van der Waals surface area contributed by atoms with Crippen LogP contribution in [0.25, 0.3) is 11.1 Å². The van der Waals surface area contributed by atoms with E-state index in [1.165, 1.54) is 0 Å². The van der Waals surface area contributed by atoms with Gasteiger partial charge in [-0.15, -0.1) is 0 Å². The number of halogens is 2. The summed E-state index contributed by atoms with van der Waals surface area (Å²) in [6, 6.07) is 14.8. The number of rotatable bonds is 8. The number of nitrogens with zero attached hydrogens (tertiary/aromatic N) is 2. The zero-order chi connectivity index (χ0) is 25.8. The summed E-state index contributed by atoms with van der Waals surface area (Å²) < 4.78 is 10.8. The number of carbonyl (C=O) groups excluding carboxylic acids is 1.